The van der Waals surface area contributed by atoms with E-state index in [1.807, 2.05) is 18.2 Å². The number of nitrogens with one attached hydrogen (secondary N) is 1. The molecule has 3 aromatic carbocycles. The third-order valence-corrected chi connectivity index (χ3v) is 7.24. The Morgan fingerprint density at radius 2 is 1.83 bits per heavy atom. The predicted molar refractivity (Wildman–Crippen MR) is 152 cm³/mol. The van der Waals surface area contributed by atoms with Gasteiger partial charge >= 0.3 is 0 Å². The summed E-state index contributed by atoms with van der Waals surface area (Å²) in [6.07, 6.45) is 2.86. The monoisotopic (exact) mass is 554 g/mol. The number of benzene rings is 3. The van der Waals surface area contributed by atoms with Gasteiger partial charge in [-0.2, -0.15) is 0 Å². The number of aromatic hydroxyl groups is 1. The summed E-state index contributed by atoms with van der Waals surface area (Å²) in [6, 6.07) is 19.4. The van der Waals surface area contributed by atoms with Gasteiger partial charge in [0.15, 0.2) is 11.6 Å². The molecule has 1 saturated heterocycles. The number of phenolic OH excluding ortho intramolecular Hbond substituents is 1. The number of anilines is 1. The molecule has 1 fully saturated rings. The molecule has 0 atom stereocenters. The second kappa shape index (κ2) is 10.9. The highest BCUT2D eigenvalue weighted by molar-refractivity contribution is 6.05. The number of phenols is 1. The number of hydrogen-bond donors (Lipinski definition) is 2. The minimum absolute atomic E-state index is 0.0236. The minimum atomic E-state index is -0.703. The normalized spacial score (nSPS) is 13.8. The third-order valence-electron chi connectivity index (χ3n) is 7.24. The lowest BCUT2D eigenvalue weighted by Crippen LogP contribution is -2.25. The van der Waals surface area contributed by atoms with Crippen LogP contribution in [0.1, 0.15) is 34.8 Å². The number of amides is 1. The zero-order chi connectivity index (χ0) is 28.5. The number of halogens is 1. The van der Waals surface area contributed by atoms with Gasteiger partial charge in [0.1, 0.15) is 17.1 Å². The maximum Gasteiger partial charge on any atom is 0.284 e. The molecule has 1 amide bonds. The molecule has 2 aromatic heterocycles. The van der Waals surface area contributed by atoms with Crippen LogP contribution in [0.2, 0.25) is 0 Å². The van der Waals surface area contributed by atoms with Gasteiger partial charge in [-0.05, 0) is 55.3 Å². The first-order chi connectivity index (χ1) is 19.9. The fraction of sp³-hybridized carbons (Fsp3) is 0.194. The van der Waals surface area contributed by atoms with E-state index in [-0.39, 0.29) is 28.7 Å². The van der Waals surface area contributed by atoms with Crippen molar-refractivity contribution in [2.45, 2.75) is 18.8 Å². The van der Waals surface area contributed by atoms with E-state index in [4.69, 9.17) is 9.47 Å². The fourth-order valence-electron chi connectivity index (χ4n) is 5.31. The zero-order valence-electron chi connectivity index (χ0n) is 22.2. The number of ether oxygens (including phenoxy) is 2. The Bertz CT molecular complexity index is 1810. The molecule has 0 saturated carbocycles. The largest absolute Gasteiger partial charge is 0.508 e. The molecule has 1 aliphatic rings. The van der Waals surface area contributed by atoms with Gasteiger partial charge in [-0.3, -0.25) is 19.3 Å². The molecule has 208 valence electrons. The number of aromatic nitrogens is 3. The molecular weight excluding hydrogens is 527 g/mol. The first-order valence-corrected chi connectivity index (χ1v) is 13.2. The Hall–Kier alpha value is -4.96. The van der Waals surface area contributed by atoms with Crippen LogP contribution in [0, 0.1) is 5.82 Å². The first-order valence-electron chi connectivity index (χ1n) is 13.2. The lowest BCUT2D eigenvalue weighted by atomic mass is 9.93. The highest BCUT2D eigenvalue weighted by atomic mass is 19.1. The van der Waals surface area contributed by atoms with Crippen LogP contribution in [0.15, 0.2) is 83.8 Å². The van der Waals surface area contributed by atoms with Crippen LogP contribution in [0.25, 0.3) is 16.6 Å². The number of fused-ring (bicyclic) bond motifs is 1. The quantitative estimate of drug-likeness (QED) is 0.287. The van der Waals surface area contributed by atoms with Gasteiger partial charge in [0.25, 0.3) is 11.5 Å². The van der Waals surface area contributed by atoms with E-state index >= 15 is 4.39 Å². The van der Waals surface area contributed by atoms with Crippen molar-refractivity contribution in [2.75, 3.05) is 18.5 Å². The number of para-hydroxylation sites is 1. The number of carbonyl (C=O) groups is 1. The highest BCUT2D eigenvalue weighted by Gasteiger charge is 2.31. The van der Waals surface area contributed by atoms with E-state index < -0.39 is 17.3 Å². The summed E-state index contributed by atoms with van der Waals surface area (Å²) >= 11 is 0. The molecule has 9 nitrogen and oxygen atoms in total. The van der Waals surface area contributed by atoms with Gasteiger partial charge in [-0.25, -0.2) is 9.07 Å². The summed E-state index contributed by atoms with van der Waals surface area (Å²) in [4.78, 5) is 31.5. The Balaban J connectivity index is 1.31. The zero-order valence-corrected chi connectivity index (χ0v) is 22.2. The molecule has 1 aliphatic heterocycles. The van der Waals surface area contributed by atoms with Gasteiger partial charge in [-0.15, -0.1) is 0 Å². The van der Waals surface area contributed by atoms with Crippen molar-refractivity contribution in [3.8, 4) is 22.9 Å². The average molecular weight is 555 g/mol. The van der Waals surface area contributed by atoms with E-state index in [0.29, 0.717) is 54.1 Å². The standard InChI is InChI=1S/C31H27FN4O5/c1-35-29(19-12-15-40-16-13-19)28(31(39)36(35)21-5-3-2-4-6-21)30(38)34-20-7-10-27(24(32)17-20)41-26-11-14-33-25-18-22(37)8-9-23(25)26/h2-11,14,17-19,37H,12-13,15-16H2,1H3,(H,34,38). The molecule has 3 heterocycles. The molecule has 41 heavy (non-hydrogen) atoms. The van der Waals surface area contributed by atoms with Gasteiger partial charge in [0.2, 0.25) is 0 Å². The lowest BCUT2D eigenvalue weighted by Gasteiger charge is -2.24. The van der Waals surface area contributed by atoms with Crippen LogP contribution >= 0.6 is 0 Å². The molecule has 5 aromatic rings. The molecular formula is C31H27FN4O5. The fourth-order valence-corrected chi connectivity index (χ4v) is 5.31. The van der Waals surface area contributed by atoms with Gasteiger partial charge < -0.3 is 19.9 Å². The molecule has 0 radical (unpaired) electrons. The summed E-state index contributed by atoms with van der Waals surface area (Å²) in [5.41, 5.74) is 1.51. The maximum absolute atomic E-state index is 15.2. The van der Waals surface area contributed by atoms with Crippen molar-refractivity contribution in [1.29, 1.82) is 0 Å². The molecule has 0 aliphatic carbocycles. The average Bonchev–Trinajstić information content (AvgIpc) is 3.25. The number of pyridine rings is 1. The lowest BCUT2D eigenvalue weighted by molar-refractivity contribution is 0.0829. The van der Waals surface area contributed by atoms with Crippen LogP contribution in [0.3, 0.4) is 0 Å². The second-order valence-corrected chi connectivity index (χ2v) is 9.83. The Morgan fingerprint density at radius 3 is 2.59 bits per heavy atom. The van der Waals surface area contributed by atoms with Crippen molar-refractivity contribution < 1.29 is 23.8 Å². The Kier molecular flexibility index (Phi) is 6.98. The van der Waals surface area contributed by atoms with Crippen molar-refractivity contribution in [1.82, 2.24) is 14.3 Å². The number of carbonyl (C=O) groups excluding carboxylic acids is 1. The van der Waals surface area contributed by atoms with Crippen LogP contribution in [-0.4, -0.2) is 38.6 Å². The highest BCUT2D eigenvalue weighted by Crippen LogP contribution is 2.33. The van der Waals surface area contributed by atoms with Gasteiger partial charge in [0, 0.05) is 55.6 Å². The van der Waals surface area contributed by atoms with Crippen LogP contribution in [-0.2, 0) is 11.8 Å². The summed E-state index contributed by atoms with van der Waals surface area (Å²) in [7, 11) is 1.77. The smallest absolute Gasteiger partial charge is 0.284 e. The molecule has 2 N–H and O–H groups in total. The van der Waals surface area contributed by atoms with E-state index in [0.717, 1.165) is 6.07 Å². The summed E-state index contributed by atoms with van der Waals surface area (Å²) in [6.45, 7) is 1.08. The minimum Gasteiger partial charge on any atom is -0.508 e. The van der Waals surface area contributed by atoms with Crippen LogP contribution < -0.4 is 15.6 Å². The van der Waals surface area contributed by atoms with E-state index in [2.05, 4.69) is 10.3 Å². The second-order valence-electron chi connectivity index (χ2n) is 9.83. The number of nitrogens with zero attached hydrogens (tertiary/aromatic N) is 3. The number of hydrogen-bond acceptors (Lipinski definition) is 6. The molecule has 10 heteroatoms. The summed E-state index contributed by atoms with van der Waals surface area (Å²) in [5, 5.41) is 13.0. The van der Waals surface area contributed by atoms with E-state index in [1.54, 1.807) is 36.0 Å². The van der Waals surface area contributed by atoms with Crippen molar-refractivity contribution in [3.63, 3.8) is 0 Å². The van der Waals surface area contributed by atoms with Gasteiger partial charge in [-0.1, -0.05) is 18.2 Å². The van der Waals surface area contributed by atoms with Gasteiger partial charge in [0.05, 0.1) is 16.9 Å². The molecule has 0 bridgehead atoms. The molecule has 6 rings (SSSR count). The Labute approximate surface area is 234 Å². The van der Waals surface area contributed by atoms with Crippen molar-refractivity contribution in [3.05, 3.63) is 106 Å². The molecule has 0 spiro atoms. The Morgan fingerprint density at radius 1 is 1.05 bits per heavy atom. The van der Waals surface area contributed by atoms with E-state index in [1.165, 1.54) is 35.1 Å². The predicted octanol–water partition coefficient (Wildman–Crippen LogP) is 5.51. The van der Waals surface area contributed by atoms with Crippen LogP contribution in [0.5, 0.6) is 17.2 Å². The van der Waals surface area contributed by atoms with Crippen LogP contribution in [0.4, 0.5) is 10.1 Å². The van der Waals surface area contributed by atoms with Crippen molar-refractivity contribution in [2.24, 2.45) is 7.05 Å². The topological polar surface area (TPSA) is 108 Å². The third kappa shape index (κ3) is 5.05. The summed E-state index contributed by atoms with van der Waals surface area (Å²) in [5.74, 6) is -1.00. The summed E-state index contributed by atoms with van der Waals surface area (Å²) < 4.78 is 29.7. The van der Waals surface area contributed by atoms with E-state index in [9.17, 15) is 14.7 Å². The number of rotatable bonds is 6. The first kappa shape index (κ1) is 26.3. The van der Waals surface area contributed by atoms with Crippen molar-refractivity contribution >= 4 is 22.5 Å². The SMILES string of the molecule is Cn1c(C2CCOCC2)c(C(=O)Nc2ccc(Oc3ccnc4cc(O)ccc34)c(F)c2)c(=O)n1-c1ccccc1. The molecule has 0 unspecified atom stereocenters. The maximum atomic E-state index is 15.2.